The van der Waals surface area contributed by atoms with Crippen molar-refractivity contribution in [1.29, 1.82) is 0 Å². The number of piperidine rings is 1. The van der Waals surface area contributed by atoms with Crippen LogP contribution in [0.15, 0.2) is 24.3 Å². The number of hydrogen-bond acceptors (Lipinski definition) is 3. The third kappa shape index (κ3) is 6.40. The monoisotopic (exact) mass is 340 g/mol. The maximum absolute atomic E-state index is 12.3. The van der Waals surface area contributed by atoms with Crippen molar-refractivity contribution in [3.63, 3.8) is 0 Å². The van der Waals surface area contributed by atoms with Gasteiger partial charge < -0.3 is 15.4 Å². The smallest absolute Gasteiger partial charge is 0.224 e. The lowest BCUT2D eigenvalue weighted by molar-refractivity contribution is -0.121. The molecule has 0 aliphatic carbocycles. The largest absolute Gasteiger partial charge is 0.491 e. The van der Waals surface area contributed by atoms with Crippen LogP contribution in [0.3, 0.4) is 0 Å². The van der Waals surface area contributed by atoms with Gasteiger partial charge in [0.2, 0.25) is 5.91 Å². The number of rotatable bonds is 6. The molecule has 0 unspecified atom stereocenters. The zero-order valence-electron chi connectivity index (χ0n) is 14.4. The topological polar surface area (TPSA) is 50.4 Å². The highest BCUT2D eigenvalue weighted by Gasteiger charge is 2.27. The molecule has 0 aromatic heterocycles. The summed E-state index contributed by atoms with van der Waals surface area (Å²) < 4.78 is 5.77. The highest BCUT2D eigenvalue weighted by molar-refractivity contribution is 5.85. The van der Waals surface area contributed by atoms with Crippen LogP contribution in [0.25, 0.3) is 0 Å². The first-order chi connectivity index (χ1) is 10.5. The molecule has 0 bridgehead atoms. The van der Waals surface area contributed by atoms with Crippen LogP contribution in [-0.2, 0) is 11.2 Å². The minimum Gasteiger partial charge on any atom is -0.491 e. The van der Waals surface area contributed by atoms with Crippen LogP contribution >= 0.6 is 12.4 Å². The van der Waals surface area contributed by atoms with Gasteiger partial charge in [-0.1, -0.05) is 25.1 Å². The molecular formula is C18H29ClN2O2. The average molecular weight is 341 g/mol. The van der Waals surface area contributed by atoms with Gasteiger partial charge in [0, 0.05) is 12.1 Å². The Labute approximate surface area is 145 Å². The summed E-state index contributed by atoms with van der Waals surface area (Å²) in [5.74, 6) is 0.875. The molecule has 1 amide bonds. The normalized spacial score (nSPS) is 16.5. The molecule has 0 radical (unpaired) electrons. The Morgan fingerprint density at radius 3 is 2.61 bits per heavy atom. The summed E-state index contributed by atoms with van der Waals surface area (Å²) in [4.78, 5) is 12.3. The Balaban J connectivity index is 0.00000264. The van der Waals surface area contributed by atoms with Gasteiger partial charge in [0.15, 0.2) is 0 Å². The second-order valence-corrected chi connectivity index (χ2v) is 6.79. The molecule has 0 spiro atoms. The number of carbonyl (C=O) groups excluding carboxylic acids is 1. The van der Waals surface area contributed by atoms with Gasteiger partial charge >= 0.3 is 0 Å². The van der Waals surface area contributed by atoms with Crippen LogP contribution in [0.5, 0.6) is 5.75 Å². The molecule has 2 rings (SSSR count). The molecule has 1 aromatic rings. The van der Waals surface area contributed by atoms with Crippen molar-refractivity contribution in [1.82, 2.24) is 10.6 Å². The van der Waals surface area contributed by atoms with Gasteiger partial charge in [-0.2, -0.15) is 0 Å². The summed E-state index contributed by atoms with van der Waals surface area (Å²) in [6.07, 6.45) is 2.70. The highest BCUT2D eigenvalue weighted by atomic mass is 35.5. The van der Waals surface area contributed by atoms with Crippen LogP contribution < -0.4 is 15.4 Å². The zero-order valence-corrected chi connectivity index (χ0v) is 15.2. The first-order valence-electron chi connectivity index (χ1n) is 8.20. The number of ether oxygens (including phenoxy) is 1. The molecule has 5 heteroatoms. The lowest BCUT2D eigenvalue weighted by atomic mass is 9.81. The van der Waals surface area contributed by atoms with E-state index in [1.165, 1.54) is 0 Å². The molecule has 4 nitrogen and oxygen atoms in total. The zero-order chi connectivity index (χ0) is 16.0. The van der Waals surface area contributed by atoms with Crippen LogP contribution in [-0.4, -0.2) is 31.6 Å². The Morgan fingerprint density at radius 2 is 1.96 bits per heavy atom. The van der Waals surface area contributed by atoms with Gasteiger partial charge in [0.1, 0.15) is 5.75 Å². The number of nitrogens with one attached hydrogen (secondary N) is 2. The molecule has 0 atom stereocenters. The minimum absolute atomic E-state index is 0. The molecule has 1 fully saturated rings. The third-order valence-corrected chi connectivity index (χ3v) is 4.21. The number of carbonyl (C=O) groups is 1. The van der Waals surface area contributed by atoms with E-state index in [1.54, 1.807) is 0 Å². The van der Waals surface area contributed by atoms with E-state index in [1.807, 2.05) is 38.1 Å². The van der Waals surface area contributed by atoms with E-state index < -0.39 is 0 Å². The number of benzene rings is 1. The Hall–Kier alpha value is -1.26. The second kappa shape index (κ2) is 9.14. The van der Waals surface area contributed by atoms with E-state index >= 15 is 0 Å². The van der Waals surface area contributed by atoms with Crippen molar-refractivity contribution in [2.45, 2.75) is 46.1 Å². The fourth-order valence-electron chi connectivity index (χ4n) is 2.77. The predicted molar refractivity (Wildman–Crippen MR) is 96.4 cm³/mol. The average Bonchev–Trinajstić information content (AvgIpc) is 2.48. The summed E-state index contributed by atoms with van der Waals surface area (Å²) in [7, 11) is 0. The Kier molecular flexibility index (Phi) is 7.86. The van der Waals surface area contributed by atoms with Crippen molar-refractivity contribution in [3.05, 3.63) is 29.8 Å². The molecule has 2 N–H and O–H groups in total. The molecule has 1 saturated heterocycles. The maximum Gasteiger partial charge on any atom is 0.224 e. The van der Waals surface area contributed by atoms with Crippen molar-refractivity contribution >= 4 is 18.3 Å². The first kappa shape index (κ1) is 19.8. The van der Waals surface area contributed by atoms with Crippen LogP contribution in [0, 0.1) is 5.41 Å². The van der Waals surface area contributed by atoms with Crippen molar-refractivity contribution in [2.24, 2.45) is 5.41 Å². The fourth-order valence-corrected chi connectivity index (χ4v) is 2.77. The van der Waals surface area contributed by atoms with Gasteiger partial charge in [-0.25, -0.2) is 0 Å². The summed E-state index contributed by atoms with van der Waals surface area (Å²) >= 11 is 0. The standard InChI is InChI=1S/C18H28N2O2.ClH/c1-14(2)22-16-7-5-4-6-15(16)12-17(21)20-13-18(3)8-10-19-11-9-18;/h4-7,14,19H,8-13H2,1-3H3,(H,20,21);1H. The molecular weight excluding hydrogens is 312 g/mol. The number of halogens is 1. The second-order valence-electron chi connectivity index (χ2n) is 6.79. The predicted octanol–water partition coefficient (Wildman–Crippen LogP) is 2.94. The summed E-state index contributed by atoms with van der Waals surface area (Å²) in [6, 6.07) is 7.78. The quantitative estimate of drug-likeness (QED) is 0.837. The molecule has 1 aliphatic rings. The van der Waals surface area contributed by atoms with E-state index in [-0.39, 0.29) is 29.8 Å². The Morgan fingerprint density at radius 1 is 1.30 bits per heavy atom. The molecule has 1 aliphatic heterocycles. The van der Waals surface area contributed by atoms with E-state index in [2.05, 4.69) is 17.6 Å². The molecule has 130 valence electrons. The molecule has 0 saturated carbocycles. The van der Waals surface area contributed by atoms with E-state index in [4.69, 9.17) is 4.74 Å². The van der Waals surface area contributed by atoms with Crippen LogP contribution in [0.4, 0.5) is 0 Å². The van der Waals surface area contributed by atoms with Crippen LogP contribution in [0.2, 0.25) is 0 Å². The van der Waals surface area contributed by atoms with E-state index in [0.29, 0.717) is 6.42 Å². The molecule has 1 heterocycles. The lowest BCUT2D eigenvalue weighted by Gasteiger charge is -2.34. The first-order valence-corrected chi connectivity index (χ1v) is 8.20. The lowest BCUT2D eigenvalue weighted by Crippen LogP contribution is -2.43. The highest BCUT2D eigenvalue weighted by Crippen LogP contribution is 2.27. The minimum atomic E-state index is 0. The van der Waals surface area contributed by atoms with Crippen molar-refractivity contribution < 1.29 is 9.53 Å². The van der Waals surface area contributed by atoms with Gasteiger partial charge in [0.05, 0.1) is 12.5 Å². The van der Waals surface area contributed by atoms with Gasteiger partial charge in [-0.3, -0.25) is 4.79 Å². The maximum atomic E-state index is 12.3. The SMILES string of the molecule is CC(C)Oc1ccccc1CC(=O)NCC1(C)CCNCC1.Cl. The Bertz CT molecular complexity index is 500. The van der Waals surface area contributed by atoms with Gasteiger partial charge in [-0.15, -0.1) is 12.4 Å². The van der Waals surface area contributed by atoms with E-state index in [0.717, 1.165) is 43.8 Å². The van der Waals surface area contributed by atoms with Crippen LogP contribution in [0.1, 0.15) is 39.2 Å². The van der Waals surface area contributed by atoms with E-state index in [9.17, 15) is 4.79 Å². The van der Waals surface area contributed by atoms with Gasteiger partial charge in [0.25, 0.3) is 0 Å². The summed E-state index contributed by atoms with van der Waals surface area (Å²) in [6.45, 7) is 9.07. The van der Waals surface area contributed by atoms with Gasteiger partial charge in [-0.05, 0) is 51.3 Å². The summed E-state index contributed by atoms with van der Waals surface area (Å²) in [5.41, 5.74) is 1.17. The fraction of sp³-hybridized carbons (Fsp3) is 0.611. The number of para-hydroxylation sites is 1. The van der Waals surface area contributed by atoms with Crippen molar-refractivity contribution in [3.8, 4) is 5.75 Å². The summed E-state index contributed by atoms with van der Waals surface area (Å²) in [5, 5.41) is 6.46. The molecule has 1 aromatic carbocycles. The number of hydrogen-bond donors (Lipinski definition) is 2. The third-order valence-electron chi connectivity index (χ3n) is 4.21. The number of amides is 1. The molecule has 23 heavy (non-hydrogen) atoms. The van der Waals surface area contributed by atoms with Crippen molar-refractivity contribution in [2.75, 3.05) is 19.6 Å².